The quantitative estimate of drug-likeness (QED) is 0.129. The van der Waals surface area contributed by atoms with Gasteiger partial charge in [0.15, 0.2) is 0 Å². The average molecular weight is 546 g/mol. The van der Waals surface area contributed by atoms with Gasteiger partial charge >= 0.3 is 41.0 Å². The first-order valence-corrected chi connectivity index (χ1v) is 11.8. The summed E-state index contributed by atoms with van der Waals surface area (Å²) in [5.74, 6) is -2.88. The van der Waals surface area contributed by atoms with Crippen LogP contribution in [0.4, 0.5) is 0 Å². The number of halogens is 1. The molecule has 0 N–H and O–H groups in total. The Morgan fingerprint density at radius 1 is 0.636 bits per heavy atom. The van der Waals surface area contributed by atoms with Crippen molar-refractivity contribution in [3.05, 3.63) is 6.42 Å². The Hall–Kier alpha value is -0.674. The van der Waals surface area contributed by atoms with Crippen molar-refractivity contribution in [2.75, 3.05) is 19.8 Å². The van der Waals surface area contributed by atoms with E-state index >= 15 is 0 Å². The summed E-state index contributed by atoms with van der Waals surface area (Å²) in [5, 5.41) is 0. The van der Waals surface area contributed by atoms with Crippen LogP contribution in [0.15, 0.2) is 0 Å². The molecule has 188 valence electrons. The largest absolute Gasteiger partial charge is 2.00 e. The van der Waals surface area contributed by atoms with Crippen molar-refractivity contribution < 1.29 is 50.4 Å². The summed E-state index contributed by atoms with van der Waals surface area (Å²) in [7, 11) is 0. The van der Waals surface area contributed by atoms with Gasteiger partial charge < -0.3 is 37.6 Å². The van der Waals surface area contributed by atoms with Crippen molar-refractivity contribution in [2.24, 2.45) is 5.92 Å². The van der Waals surface area contributed by atoms with E-state index in [2.05, 4.69) is 15.9 Å². The summed E-state index contributed by atoms with van der Waals surface area (Å²) in [6.45, 7) is 5.64. The Morgan fingerprint density at radius 3 is 1.39 bits per heavy atom. The van der Waals surface area contributed by atoms with Crippen molar-refractivity contribution in [1.29, 1.82) is 0 Å². The zero-order valence-corrected chi connectivity index (χ0v) is 23.7. The van der Waals surface area contributed by atoms with Crippen LogP contribution in [0.2, 0.25) is 0 Å². The number of hydrogen-bond donors (Lipinski definition) is 0. The molecule has 0 radical (unpaired) electrons. The van der Waals surface area contributed by atoms with Crippen LogP contribution in [0.3, 0.4) is 0 Å². The van der Waals surface area contributed by atoms with Crippen molar-refractivity contribution >= 4 is 46.7 Å². The fourth-order valence-electron chi connectivity index (χ4n) is 3.37. The van der Waals surface area contributed by atoms with Crippen LogP contribution in [-0.4, -0.2) is 66.6 Å². The number of carbonyl (C=O) groups excluding carboxylic acids is 4. The number of hydrogen-bond acceptors (Lipinski definition) is 7. The third-order valence-corrected chi connectivity index (χ3v) is 4.99. The average Bonchev–Trinajstić information content (AvgIpc) is 3.22. The van der Waals surface area contributed by atoms with E-state index in [0.717, 1.165) is 25.7 Å². The molecular formula is C24H41BrMgO7. The van der Waals surface area contributed by atoms with Crippen LogP contribution in [0.1, 0.15) is 97.8 Å². The topological polar surface area (TPSA) is 96.0 Å². The van der Waals surface area contributed by atoms with Gasteiger partial charge in [0.05, 0.1) is 19.8 Å². The second-order valence-electron chi connectivity index (χ2n) is 7.49. The van der Waals surface area contributed by atoms with E-state index in [9.17, 15) is 19.2 Å². The van der Waals surface area contributed by atoms with Gasteiger partial charge in [0.25, 0.3) is 0 Å². The van der Waals surface area contributed by atoms with Crippen LogP contribution < -0.4 is 17.0 Å². The normalized spacial score (nSPS) is 15.6. The molecule has 2 aliphatic carbocycles. The van der Waals surface area contributed by atoms with E-state index in [1.165, 1.54) is 51.4 Å². The summed E-state index contributed by atoms with van der Waals surface area (Å²) in [4.78, 5) is 43.6. The number of Topliss-reactive ketones (excluding diaryl/α,β-unsaturated/α-hetero) is 1. The molecular weight excluding hydrogens is 504 g/mol. The molecule has 2 rings (SSSR count). The van der Waals surface area contributed by atoms with Crippen LogP contribution in [-0.2, 0) is 33.4 Å². The van der Waals surface area contributed by atoms with Gasteiger partial charge in [-0.15, -0.1) is 0 Å². The molecule has 7 nitrogen and oxygen atoms in total. The van der Waals surface area contributed by atoms with Crippen molar-refractivity contribution in [3.8, 4) is 0 Å². The third-order valence-electron chi connectivity index (χ3n) is 4.99. The van der Waals surface area contributed by atoms with Gasteiger partial charge in [-0.25, -0.2) is 14.4 Å². The summed E-state index contributed by atoms with van der Waals surface area (Å²) < 4.78 is 13.4. The molecule has 2 aliphatic rings. The Morgan fingerprint density at radius 2 is 1.00 bits per heavy atom. The van der Waals surface area contributed by atoms with E-state index in [-0.39, 0.29) is 71.6 Å². The summed E-state index contributed by atoms with van der Waals surface area (Å²) in [6, 6.07) is 0. The minimum Gasteiger partial charge on any atom is -1.00 e. The molecule has 0 unspecified atom stereocenters. The van der Waals surface area contributed by atoms with Crippen molar-refractivity contribution in [1.82, 2.24) is 0 Å². The first-order valence-electron chi connectivity index (χ1n) is 11.8. The predicted octanol–water partition coefficient (Wildman–Crippen LogP) is 1.37. The van der Waals surface area contributed by atoms with Gasteiger partial charge in [0.1, 0.15) is 0 Å². The third kappa shape index (κ3) is 20.4. The smallest absolute Gasteiger partial charge is 1.00 e. The number of carbonyl (C=O) groups is 4. The van der Waals surface area contributed by atoms with E-state index in [0.29, 0.717) is 0 Å². The molecule has 2 fully saturated rings. The minimum absolute atomic E-state index is 0. The van der Waals surface area contributed by atoms with Gasteiger partial charge in [-0.3, -0.25) is 4.79 Å². The molecule has 0 aromatic rings. The van der Waals surface area contributed by atoms with Crippen LogP contribution in [0, 0.1) is 12.3 Å². The molecule has 33 heavy (non-hydrogen) atoms. The molecule has 2 saturated carbocycles. The first-order chi connectivity index (χ1) is 15.0. The van der Waals surface area contributed by atoms with Crippen LogP contribution in [0.5, 0.6) is 0 Å². The second kappa shape index (κ2) is 25.9. The van der Waals surface area contributed by atoms with Crippen LogP contribution in [0.25, 0.3) is 0 Å². The molecule has 0 saturated heterocycles. The predicted molar refractivity (Wildman–Crippen MR) is 124 cm³/mol. The summed E-state index contributed by atoms with van der Waals surface area (Å²) in [6.07, 6.45) is 17.2. The molecule has 0 spiro atoms. The summed E-state index contributed by atoms with van der Waals surface area (Å²) in [5.41, 5.74) is 0. The molecule has 0 aliphatic heterocycles. The molecule has 0 bridgehead atoms. The molecule has 0 aromatic carbocycles. The Bertz CT molecular complexity index is 485. The zero-order chi connectivity index (χ0) is 23.3. The first kappa shape index (κ1) is 36.9. The fourth-order valence-corrected chi connectivity index (χ4v) is 3.37. The number of ether oxygens (including phenoxy) is 3. The minimum atomic E-state index is -0.927. The van der Waals surface area contributed by atoms with Crippen LogP contribution >= 0.6 is 0 Å². The van der Waals surface area contributed by atoms with E-state index in [1.807, 2.05) is 0 Å². The maximum atomic E-state index is 11.6. The van der Waals surface area contributed by atoms with Crippen molar-refractivity contribution in [3.63, 3.8) is 0 Å². The maximum absolute atomic E-state index is 11.6. The second-order valence-corrected chi connectivity index (χ2v) is 7.49. The molecule has 0 aromatic heterocycles. The zero-order valence-electron chi connectivity index (χ0n) is 20.7. The molecule has 0 atom stereocenters. The SMILES string of the molecule is CCOC(=O)C(=O)C1CCCCCC1.CCOC(=O)C(=O)OCC.[Br-].[CH-]1CCCCCC1.[Mg+2]. The Labute approximate surface area is 226 Å². The van der Waals surface area contributed by atoms with E-state index < -0.39 is 17.9 Å². The molecule has 0 amide bonds. The van der Waals surface area contributed by atoms with Gasteiger partial charge in [-0.2, -0.15) is 12.8 Å². The number of ketones is 1. The van der Waals surface area contributed by atoms with Gasteiger partial charge in [0.2, 0.25) is 5.78 Å². The number of esters is 3. The molecule has 9 heteroatoms. The number of rotatable bonds is 5. The van der Waals surface area contributed by atoms with Gasteiger partial charge in [0, 0.05) is 5.92 Å². The maximum Gasteiger partial charge on any atom is 2.00 e. The standard InChI is InChI=1S/C11H18O3.C7H13.C6H10O4.BrH.Mg/c1-2-14-11(13)10(12)9-7-5-3-4-6-8-9;1-2-4-6-7-5-3-1;1-3-9-5(7)6(8)10-4-2;;/h9H,2-8H2,1H3;1H,2-7H2;3-4H2,1-2H3;1H;/q;-1;;;+2/p-1. The fraction of sp³-hybridized carbons (Fsp3) is 0.792. The Kier molecular flexibility index (Phi) is 29.0. The van der Waals surface area contributed by atoms with Crippen molar-refractivity contribution in [2.45, 2.75) is 97.8 Å². The van der Waals surface area contributed by atoms with Gasteiger partial charge in [-0.1, -0.05) is 51.4 Å². The van der Waals surface area contributed by atoms with Gasteiger partial charge in [-0.05, 0) is 33.6 Å². The van der Waals surface area contributed by atoms with E-state index in [4.69, 9.17) is 4.74 Å². The summed E-state index contributed by atoms with van der Waals surface area (Å²) >= 11 is 0. The Balaban J connectivity index is -0.000000419. The monoisotopic (exact) mass is 544 g/mol. The van der Waals surface area contributed by atoms with E-state index in [1.54, 1.807) is 20.8 Å². The molecule has 0 heterocycles.